The molecular weight excluding hydrogens is 358 g/mol. The predicted octanol–water partition coefficient (Wildman–Crippen LogP) is 2.94. The van der Waals surface area contributed by atoms with Crippen LogP contribution < -0.4 is 4.72 Å². The summed E-state index contributed by atoms with van der Waals surface area (Å²) in [5, 5.41) is 0. The average molecular weight is 382 g/mol. The van der Waals surface area contributed by atoms with Crippen LogP contribution in [0.1, 0.15) is 28.9 Å². The van der Waals surface area contributed by atoms with E-state index in [1.165, 1.54) is 11.1 Å². The summed E-state index contributed by atoms with van der Waals surface area (Å²) in [6.45, 7) is 1.05. The Bertz CT molecular complexity index is 1030. The number of hydrogen-bond acceptors (Lipinski definition) is 3. The van der Waals surface area contributed by atoms with Gasteiger partial charge in [-0.1, -0.05) is 36.4 Å². The lowest BCUT2D eigenvalue weighted by molar-refractivity contribution is 0.579. The predicted molar refractivity (Wildman–Crippen MR) is 105 cm³/mol. The van der Waals surface area contributed by atoms with E-state index in [0.717, 1.165) is 37.2 Å². The molecule has 4 rings (SSSR count). The Morgan fingerprint density at radius 2 is 1.85 bits per heavy atom. The zero-order valence-electron chi connectivity index (χ0n) is 15.1. The number of rotatable bonds is 7. The second-order valence-corrected chi connectivity index (χ2v) is 8.66. The molecule has 1 aliphatic rings. The number of benzene rings is 2. The molecule has 5 nitrogen and oxygen atoms in total. The molecule has 6 heteroatoms. The Kier molecular flexibility index (Phi) is 5.09. The van der Waals surface area contributed by atoms with Crippen LogP contribution in [0.2, 0.25) is 0 Å². The molecule has 1 N–H and O–H groups in total. The van der Waals surface area contributed by atoms with Crippen molar-refractivity contribution in [3.63, 3.8) is 0 Å². The lowest BCUT2D eigenvalue weighted by atomic mass is 10.1. The average Bonchev–Trinajstić information content (AvgIpc) is 3.31. The van der Waals surface area contributed by atoms with Crippen molar-refractivity contribution in [1.29, 1.82) is 0 Å². The van der Waals surface area contributed by atoms with Gasteiger partial charge in [0.25, 0.3) is 0 Å². The van der Waals surface area contributed by atoms with E-state index in [2.05, 4.69) is 26.4 Å². The Hall–Kier alpha value is -2.44. The first-order valence-corrected chi connectivity index (χ1v) is 10.8. The van der Waals surface area contributed by atoms with Gasteiger partial charge in [0.05, 0.1) is 4.90 Å². The van der Waals surface area contributed by atoms with Crippen molar-refractivity contribution in [2.75, 3.05) is 6.54 Å². The fourth-order valence-corrected chi connectivity index (χ4v) is 4.67. The van der Waals surface area contributed by atoms with Gasteiger partial charge in [-0.15, -0.1) is 0 Å². The summed E-state index contributed by atoms with van der Waals surface area (Å²) in [7, 11) is -3.49. The first-order chi connectivity index (χ1) is 13.1. The monoisotopic (exact) mass is 381 g/mol. The summed E-state index contributed by atoms with van der Waals surface area (Å²) in [6, 6.07) is 15.6. The fourth-order valence-electron chi connectivity index (χ4n) is 3.59. The largest absolute Gasteiger partial charge is 0.330 e. The molecule has 0 unspecified atom stereocenters. The van der Waals surface area contributed by atoms with Crippen LogP contribution in [0.25, 0.3) is 0 Å². The third-order valence-electron chi connectivity index (χ3n) is 5.02. The number of hydrogen-bond donors (Lipinski definition) is 1. The molecule has 0 aliphatic heterocycles. The van der Waals surface area contributed by atoms with Crippen LogP contribution in [-0.2, 0) is 35.8 Å². The van der Waals surface area contributed by atoms with Gasteiger partial charge in [-0.25, -0.2) is 18.1 Å². The molecule has 0 saturated heterocycles. The van der Waals surface area contributed by atoms with Crippen molar-refractivity contribution < 1.29 is 8.42 Å². The number of fused-ring (bicyclic) bond motifs is 1. The molecule has 2 aromatic carbocycles. The van der Waals surface area contributed by atoms with Crippen molar-refractivity contribution in [2.45, 2.75) is 37.1 Å². The first kappa shape index (κ1) is 17.9. The van der Waals surface area contributed by atoms with E-state index in [0.29, 0.717) is 17.9 Å². The standard InChI is InChI=1S/C21H23N3O2S/c25-27(26,20-10-9-18-7-4-8-19(18)15-20)23-12-11-21-22-13-14-24(21)16-17-5-2-1-3-6-17/h1-3,5-6,9-10,13-15,23H,4,7-8,11-12,16H2. The SMILES string of the molecule is O=S(=O)(NCCc1nccn1Cc1ccccc1)c1ccc2c(c1)CCC2. The zero-order chi connectivity index (χ0) is 18.7. The minimum atomic E-state index is -3.49. The molecular formula is C21H23N3O2S. The van der Waals surface area contributed by atoms with Gasteiger partial charge in [0.1, 0.15) is 5.82 Å². The van der Waals surface area contributed by atoms with Crippen molar-refractivity contribution in [1.82, 2.24) is 14.3 Å². The Morgan fingerprint density at radius 3 is 2.70 bits per heavy atom. The van der Waals surface area contributed by atoms with Crippen LogP contribution in [0, 0.1) is 0 Å². The Labute approximate surface area is 160 Å². The van der Waals surface area contributed by atoms with Crippen molar-refractivity contribution >= 4 is 10.0 Å². The van der Waals surface area contributed by atoms with Crippen LogP contribution in [0.5, 0.6) is 0 Å². The summed E-state index contributed by atoms with van der Waals surface area (Å²) in [5.74, 6) is 0.871. The third kappa shape index (κ3) is 4.12. The maximum absolute atomic E-state index is 12.6. The molecule has 1 aromatic heterocycles. The van der Waals surface area contributed by atoms with Crippen LogP contribution in [0.3, 0.4) is 0 Å². The van der Waals surface area contributed by atoms with E-state index in [1.54, 1.807) is 12.3 Å². The van der Waals surface area contributed by atoms with Gasteiger partial charge >= 0.3 is 0 Å². The van der Waals surface area contributed by atoms with Gasteiger partial charge in [0.15, 0.2) is 0 Å². The molecule has 0 amide bonds. The van der Waals surface area contributed by atoms with Gasteiger partial charge < -0.3 is 4.57 Å². The first-order valence-electron chi connectivity index (χ1n) is 9.27. The highest BCUT2D eigenvalue weighted by Crippen LogP contribution is 2.24. The molecule has 0 saturated carbocycles. The third-order valence-corrected chi connectivity index (χ3v) is 6.48. The summed E-state index contributed by atoms with van der Waals surface area (Å²) >= 11 is 0. The molecule has 1 aliphatic carbocycles. The van der Waals surface area contributed by atoms with Crippen LogP contribution in [0.4, 0.5) is 0 Å². The highest BCUT2D eigenvalue weighted by Gasteiger charge is 2.18. The van der Waals surface area contributed by atoms with E-state index < -0.39 is 10.0 Å². The summed E-state index contributed by atoms with van der Waals surface area (Å²) < 4.78 is 30.0. The normalized spacial score (nSPS) is 13.6. The molecule has 0 atom stereocenters. The smallest absolute Gasteiger partial charge is 0.240 e. The molecule has 0 bridgehead atoms. The van der Waals surface area contributed by atoms with Crippen LogP contribution in [-0.4, -0.2) is 24.5 Å². The van der Waals surface area contributed by atoms with Gasteiger partial charge in [0, 0.05) is 31.9 Å². The second-order valence-electron chi connectivity index (χ2n) is 6.89. The molecule has 1 heterocycles. The minimum absolute atomic E-state index is 0.325. The molecule has 0 radical (unpaired) electrons. The van der Waals surface area contributed by atoms with E-state index in [-0.39, 0.29) is 0 Å². The topological polar surface area (TPSA) is 64.0 Å². The van der Waals surface area contributed by atoms with Crippen molar-refractivity contribution in [2.24, 2.45) is 0 Å². The molecule has 0 spiro atoms. The van der Waals surface area contributed by atoms with Crippen LogP contribution in [0.15, 0.2) is 65.8 Å². The number of aromatic nitrogens is 2. The molecule has 140 valence electrons. The van der Waals surface area contributed by atoms with Crippen molar-refractivity contribution in [3.05, 3.63) is 83.4 Å². The zero-order valence-corrected chi connectivity index (χ0v) is 16.0. The lowest BCUT2D eigenvalue weighted by Gasteiger charge is -2.10. The molecule has 27 heavy (non-hydrogen) atoms. The van der Waals surface area contributed by atoms with Crippen LogP contribution >= 0.6 is 0 Å². The number of sulfonamides is 1. The fraction of sp³-hybridized carbons (Fsp3) is 0.286. The summed E-state index contributed by atoms with van der Waals surface area (Å²) in [5.41, 5.74) is 3.63. The lowest BCUT2D eigenvalue weighted by Crippen LogP contribution is -2.27. The Balaban J connectivity index is 1.39. The van der Waals surface area contributed by atoms with E-state index in [4.69, 9.17) is 0 Å². The van der Waals surface area contributed by atoms with E-state index in [9.17, 15) is 8.42 Å². The van der Waals surface area contributed by atoms with Gasteiger partial charge in [-0.3, -0.25) is 0 Å². The van der Waals surface area contributed by atoms with Crippen molar-refractivity contribution in [3.8, 4) is 0 Å². The summed E-state index contributed by atoms with van der Waals surface area (Å²) in [6.07, 6.45) is 7.35. The van der Waals surface area contributed by atoms with Gasteiger partial charge in [-0.05, 0) is 48.1 Å². The number of imidazole rings is 1. The van der Waals surface area contributed by atoms with Gasteiger partial charge in [-0.2, -0.15) is 0 Å². The molecule has 0 fully saturated rings. The minimum Gasteiger partial charge on any atom is -0.330 e. The highest BCUT2D eigenvalue weighted by molar-refractivity contribution is 7.89. The summed E-state index contributed by atoms with van der Waals surface area (Å²) in [4.78, 5) is 4.74. The number of aryl methyl sites for hydroxylation is 2. The highest BCUT2D eigenvalue weighted by atomic mass is 32.2. The number of nitrogens with one attached hydrogen (secondary N) is 1. The maximum Gasteiger partial charge on any atom is 0.240 e. The van der Waals surface area contributed by atoms with Gasteiger partial charge in [0.2, 0.25) is 10.0 Å². The quantitative estimate of drug-likeness (QED) is 0.684. The maximum atomic E-state index is 12.6. The van der Waals surface area contributed by atoms with E-state index >= 15 is 0 Å². The number of nitrogens with zero attached hydrogens (tertiary/aromatic N) is 2. The molecule has 3 aromatic rings. The van der Waals surface area contributed by atoms with E-state index in [1.807, 2.05) is 36.5 Å². The second kappa shape index (κ2) is 7.66. The Morgan fingerprint density at radius 1 is 1.04 bits per heavy atom.